The van der Waals surface area contributed by atoms with E-state index in [9.17, 15) is 13.0 Å². The van der Waals surface area contributed by atoms with Crippen LogP contribution in [0.25, 0.3) is 0 Å². The van der Waals surface area contributed by atoms with Crippen LogP contribution in [-0.4, -0.2) is 19.5 Å². The van der Waals surface area contributed by atoms with E-state index >= 15 is 0 Å². The van der Waals surface area contributed by atoms with Crippen molar-refractivity contribution in [1.82, 2.24) is 0 Å². The topological polar surface area (TPSA) is 57.6 Å². The Bertz CT molecular complexity index is 787. The second kappa shape index (κ2) is 5.36. The number of para-hydroxylation sites is 1. The first-order chi connectivity index (χ1) is 10.0. The van der Waals surface area contributed by atoms with Gasteiger partial charge in [-0.2, -0.15) is 8.42 Å². The van der Waals surface area contributed by atoms with Crippen LogP contribution in [0.2, 0.25) is 0 Å². The summed E-state index contributed by atoms with van der Waals surface area (Å²) in [7, 11) is -4.19. The number of fused-ring (bicyclic) bond motifs is 2. The van der Waals surface area contributed by atoms with Gasteiger partial charge in [0.2, 0.25) is 0 Å². The standard InChI is InChI=1S/C15H15NO3S2/c1-2-9-16-12-5-3-4-6-14(12)20-15-8-7-11(10-13(15)16)21(17,18)19/h3-8,10H,2,9H2,1H3,(H,17,18,19). The van der Waals surface area contributed by atoms with Gasteiger partial charge in [-0.1, -0.05) is 30.8 Å². The summed E-state index contributed by atoms with van der Waals surface area (Å²) in [5, 5.41) is 0. The fourth-order valence-corrected chi connectivity index (χ4v) is 4.01. The summed E-state index contributed by atoms with van der Waals surface area (Å²) in [5.41, 5.74) is 1.90. The predicted octanol–water partition coefficient (Wildman–Crippen LogP) is 3.95. The second-order valence-corrected chi connectivity index (χ2v) is 7.33. The van der Waals surface area contributed by atoms with Crippen molar-refractivity contribution >= 4 is 33.3 Å². The van der Waals surface area contributed by atoms with Crippen LogP contribution in [0.3, 0.4) is 0 Å². The summed E-state index contributed by atoms with van der Waals surface area (Å²) < 4.78 is 32.0. The molecule has 0 bridgehead atoms. The molecule has 2 aromatic rings. The number of hydrogen-bond acceptors (Lipinski definition) is 4. The average molecular weight is 321 g/mol. The first-order valence-corrected chi connectivity index (χ1v) is 8.92. The quantitative estimate of drug-likeness (QED) is 0.868. The summed E-state index contributed by atoms with van der Waals surface area (Å²) in [6.45, 7) is 2.87. The first kappa shape index (κ1) is 14.4. The average Bonchev–Trinajstić information content (AvgIpc) is 2.45. The Morgan fingerprint density at radius 1 is 1.10 bits per heavy atom. The van der Waals surface area contributed by atoms with Crippen molar-refractivity contribution in [2.45, 2.75) is 28.0 Å². The van der Waals surface area contributed by atoms with Crippen molar-refractivity contribution in [3.63, 3.8) is 0 Å². The van der Waals surface area contributed by atoms with E-state index in [1.807, 2.05) is 18.2 Å². The molecule has 3 rings (SSSR count). The molecule has 0 unspecified atom stereocenters. The van der Waals surface area contributed by atoms with Gasteiger partial charge < -0.3 is 4.90 Å². The van der Waals surface area contributed by atoms with Gasteiger partial charge in [0.15, 0.2) is 0 Å². The van der Waals surface area contributed by atoms with Crippen LogP contribution in [0.4, 0.5) is 11.4 Å². The Hall–Kier alpha value is -1.50. The van der Waals surface area contributed by atoms with E-state index in [0.29, 0.717) is 0 Å². The highest BCUT2D eigenvalue weighted by Gasteiger charge is 2.24. The van der Waals surface area contributed by atoms with Gasteiger partial charge in [-0.05, 0) is 36.8 Å². The van der Waals surface area contributed by atoms with E-state index in [2.05, 4.69) is 17.9 Å². The van der Waals surface area contributed by atoms with Crippen molar-refractivity contribution in [1.29, 1.82) is 0 Å². The van der Waals surface area contributed by atoms with Gasteiger partial charge in [-0.15, -0.1) is 0 Å². The molecule has 0 fully saturated rings. The molecular weight excluding hydrogens is 306 g/mol. The molecule has 1 aliphatic rings. The normalized spacial score (nSPS) is 13.7. The summed E-state index contributed by atoms with van der Waals surface area (Å²) >= 11 is 1.61. The maximum Gasteiger partial charge on any atom is 0.294 e. The highest BCUT2D eigenvalue weighted by molar-refractivity contribution is 7.99. The van der Waals surface area contributed by atoms with Crippen LogP contribution in [0, 0.1) is 0 Å². The minimum atomic E-state index is -4.19. The lowest BCUT2D eigenvalue weighted by Gasteiger charge is -2.32. The summed E-state index contributed by atoms with van der Waals surface area (Å²) in [6, 6.07) is 12.8. The number of hydrogen-bond donors (Lipinski definition) is 1. The van der Waals surface area contributed by atoms with Crippen molar-refractivity contribution in [2.24, 2.45) is 0 Å². The lowest BCUT2D eigenvalue weighted by molar-refractivity contribution is 0.483. The maximum atomic E-state index is 11.4. The highest BCUT2D eigenvalue weighted by atomic mass is 32.2. The number of nitrogens with zero attached hydrogens (tertiary/aromatic N) is 1. The van der Waals surface area contributed by atoms with E-state index in [-0.39, 0.29) is 4.90 Å². The molecule has 1 heterocycles. The number of benzene rings is 2. The largest absolute Gasteiger partial charge is 0.340 e. The van der Waals surface area contributed by atoms with Gasteiger partial charge in [0.05, 0.1) is 16.3 Å². The molecule has 2 aromatic carbocycles. The fourth-order valence-electron chi connectivity index (χ4n) is 2.43. The molecule has 0 saturated carbocycles. The monoisotopic (exact) mass is 321 g/mol. The van der Waals surface area contributed by atoms with Gasteiger partial charge in [0.1, 0.15) is 0 Å². The SMILES string of the molecule is CCCN1c2ccccc2Sc2ccc(S(=O)(=O)O)cc21. The molecule has 0 aliphatic carbocycles. The third-order valence-electron chi connectivity index (χ3n) is 3.34. The number of rotatable bonds is 3. The Morgan fingerprint density at radius 3 is 2.52 bits per heavy atom. The Balaban J connectivity index is 2.17. The number of anilines is 2. The van der Waals surface area contributed by atoms with Crippen LogP contribution in [0.1, 0.15) is 13.3 Å². The van der Waals surface area contributed by atoms with Gasteiger partial charge in [0.25, 0.3) is 10.1 Å². The smallest absolute Gasteiger partial charge is 0.294 e. The van der Waals surface area contributed by atoms with Crippen LogP contribution in [0.15, 0.2) is 57.2 Å². The van der Waals surface area contributed by atoms with Crippen molar-refractivity contribution < 1.29 is 13.0 Å². The molecular formula is C15H15NO3S2. The zero-order valence-electron chi connectivity index (χ0n) is 11.5. The maximum absolute atomic E-state index is 11.4. The van der Waals surface area contributed by atoms with Gasteiger partial charge in [-0.25, -0.2) is 0 Å². The molecule has 110 valence electrons. The lowest BCUT2D eigenvalue weighted by atomic mass is 10.2. The van der Waals surface area contributed by atoms with E-state index in [4.69, 9.17) is 0 Å². The first-order valence-electron chi connectivity index (χ1n) is 6.66. The minimum Gasteiger partial charge on any atom is -0.340 e. The third-order valence-corrected chi connectivity index (χ3v) is 5.32. The van der Waals surface area contributed by atoms with Crippen molar-refractivity contribution in [2.75, 3.05) is 11.4 Å². The second-order valence-electron chi connectivity index (χ2n) is 4.83. The third kappa shape index (κ3) is 2.66. The predicted molar refractivity (Wildman–Crippen MR) is 84.1 cm³/mol. The van der Waals surface area contributed by atoms with Gasteiger partial charge >= 0.3 is 0 Å². The van der Waals surface area contributed by atoms with Crippen LogP contribution < -0.4 is 4.90 Å². The molecule has 0 spiro atoms. The Kier molecular flexibility index (Phi) is 3.69. The summed E-state index contributed by atoms with van der Waals surface area (Å²) in [6.07, 6.45) is 0.939. The van der Waals surface area contributed by atoms with Crippen LogP contribution in [0.5, 0.6) is 0 Å². The zero-order chi connectivity index (χ0) is 15.0. The molecule has 1 aliphatic heterocycles. The molecule has 0 atom stereocenters. The van der Waals surface area contributed by atoms with Gasteiger partial charge in [0, 0.05) is 16.3 Å². The minimum absolute atomic E-state index is 0.0673. The van der Waals surface area contributed by atoms with Crippen molar-refractivity contribution in [3.8, 4) is 0 Å². The van der Waals surface area contributed by atoms with E-state index in [0.717, 1.165) is 34.1 Å². The Morgan fingerprint density at radius 2 is 1.81 bits per heavy atom. The van der Waals surface area contributed by atoms with Crippen molar-refractivity contribution in [3.05, 3.63) is 42.5 Å². The highest BCUT2D eigenvalue weighted by Crippen LogP contribution is 2.48. The molecule has 21 heavy (non-hydrogen) atoms. The molecule has 0 amide bonds. The fraction of sp³-hybridized carbons (Fsp3) is 0.200. The van der Waals surface area contributed by atoms with Crippen LogP contribution in [-0.2, 0) is 10.1 Å². The molecule has 1 N–H and O–H groups in total. The molecule has 0 aromatic heterocycles. The Labute approximate surface area is 128 Å². The summed E-state index contributed by atoms with van der Waals surface area (Å²) in [4.78, 5) is 4.19. The van der Waals surface area contributed by atoms with Gasteiger partial charge in [-0.3, -0.25) is 4.55 Å². The molecule has 4 nitrogen and oxygen atoms in total. The lowest BCUT2D eigenvalue weighted by Crippen LogP contribution is -2.21. The van der Waals surface area contributed by atoms with E-state index < -0.39 is 10.1 Å². The van der Waals surface area contributed by atoms with Crippen LogP contribution >= 0.6 is 11.8 Å². The molecule has 0 saturated heterocycles. The van der Waals surface area contributed by atoms with E-state index in [1.165, 1.54) is 6.07 Å². The summed E-state index contributed by atoms with van der Waals surface area (Å²) in [5.74, 6) is 0. The molecule has 6 heteroatoms. The molecule has 0 radical (unpaired) electrons. The van der Waals surface area contributed by atoms with E-state index in [1.54, 1.807) is 23.9 Å². The zero-order valence-corrected chi connectivity index (χ0v) is 13.1.